The zero-order chi connectivity index (χ0) is 92.7. The molecular formula is C132H84N6OS2. The molecule has 141 heavy (non-hydrogen) atoms. The van der Waals surface area contributed by atoms with E-state index in [-0.39, 0.29) is 0 Å². The van der Waals surface area contributed by atoms with Crippen LogP contribution in [0, 0.1) is 0 Å². The summed E-state index contributed by atoms with van der Waals surface area (Å²) >= 11 is 3.77. The van der Waals surface area contributed by atoms with Crippen LogP contribution in [-0.4, -0.2) is 13.7 Å². The summed E-state index contributed by atoms with van der Waals surface area (Å²) in [6, 6.07) is 187. The molecule has 0 spiro atoms. The molecule has 0 fully saturated rings. The number of hydrogen-bond acceptors (Lipinski definition) is 6. The van der Waals surface area contributed by atoms with Crippen LogP contribution in [0.1, 0.15) is 0 Å². The first-order chi connectivity index (χ1) is 69.9. The van der Waals surface area contributed by atoms with E-state index < -0.39 is 0 Å². The maximum absolute atomic E-state index is 7.06. The maximum Gasteiger partial charge on any atom is 0.145 e. The van der Waals surface area contributed by atoms with Gasteiger partial charge in [-0.1, -0.05) is 297 Å². The molecule has 7 nitrogen and oxygen atoms in total. The molecule has 0 atom stereocenters. The van der Waals surface area contributed by atoms with Crippen molar-refractivity contribution in [2.45, 2.75) is 0 Å². The molecule has 0 saturated carbocycles. The van der Waals surface area contributed by atoms with Gasteiger partial charge in [0.2, 0.25) is 0 Å². The van der Waals surface area contributed by atoms with E-state index >= 15 is 0 Å². The van der Waals surface area contributed by atoms with Crippen LogP contribution in [-0.2, 0) is 0 Å². The average molecular weight is 1830 g/mol. The van der Waals surface area contributed by atoms with Gasteiger partial charge in [0.25, 0.3) is 0 Å². The van der Waals surface area contributed by atoms with Crippen molar-refractivity contribution in [1.29, 1.82) is 0 Å². The molecule has 0 radical (unpaired) electrons. The molecule has 9 heteroatoms. The molecule has 0 bridgehead atoms. The summed E-state index contributed by atoms with van der Waals surface area (Å²) in [5.74, 6) is 0. The molecule has 22 aromatic carbocycles. The largest absolute Gasteiger partial charge is 0.455 e. The summed E-state index contributed by atoms with van der Waals surface area (Å²) < 4.78 is 19.7. The third kappa shape index (κ3) is 13.9. The molecule has 28 aromatic rings. The van der Waals surface area contributed by atoms with Crippen LogP contribution in [0.2, 0.25) is 0 Å². The third-order valence-corrected chi connectivity index (χ3v) is 30.9. The molecular weight excluding hydrogens is 1750 g/mol. The summed E-state index contributed by atoms with van der Waals surface area (Å²) in [6.07, 6.45) is 0. The van der Waals surface area contributed by atoms with Crippen LogP contribution in [0.15, 0.2) is 514 Å². The van der Waals surface area contributed by atoms with Crippen molar-refractivity contribution in [3.05, 3.63) is 510 Å². The lowest BCUT2D eigenvalue weighted by Gasteiger charge is -2.26. The third-order valence-electron chi connectivity index (χ3n) is 28.6. The Morgan fingerprint density at radius 1 is 0.156 bits per heavy atom. The first-order valence-electron chi connectivity index (χ1n) is 48.0. The van der Waals surface area contributed by atoms with E-state index in [0.717, 1.165) is 156 Å². The molecule has 28 rings (SSSR count). The zero-order valence-corrected chi connectivity index (χ0v) is 78.0. The molecule has 0 N–H and O–H groups in total. The molecule has 6 aromatic heterocycles. The number of hydrogen-bond donors (Lipinski definition) is 0. The highest BCUT2D eigenvalue weighted by Gasteiger charge is 2.27. The number of rotatable bonds is 18. The second-order valence-corrected chi connectivity index (χ2v) is 38.8. The zero-order valence-electron chi connectivity index (χ0n) is 76.4. The Bertz CT molecular complexity index is 9740. The predicted octanol–water partition coefficient (Wildman–Crippen LogP) is 38.0. The van der Waals surface area contributed by atoms with E-state index in [1.807, 2.05) is 22.7 Å². The van der Waals surface area contributed by atoms with Gasteiger partial charge in [0, 0.05) is 146 Å². The highest BCUT2D eigenvalue weighted by molar-refractivity contribution is 7.28. The Hall–Kier alpha value is -18.1. The molecule has 0 aliphatic carbocycles. The number of furan rings is 1. The number of nitrogens with zero attached hydrogens (tertiary/aromatic N) is 6. The fourth-order valence-electron chi connectivity index (χ4n) is 21.9. The van der Waals surface area contributed by atoms with Crippen molar-refractivity contribution in [2.24, 2.45) is 0 Å². The second kappa shape index (κ2) is 33.4. The first-order valence-corrected chi connectivity index (χ1v) is 49.7. The van der Waals surface area contributed by atoms with Crippen LogP contribution in [0.5, 0.6) is 0 Å². The molecule has 6 heterocycles. The molecule has 0 saturated heterocycles. The first kappa shape index (κ1) is 81.3. The van der Waals surface area contributed by atoms with Gasteiger partial charge >= 0.3 is 0 Å². The van der Waals surface area contributed by atoms with Crippen molar-refractivity contribution in [3.8, 4) is 83.8 Å². The normalized spacial score (nSPS) is 11.8. The molecule has 0 aliphatic rings. The average Bonchev–Trinajstić information content (AvgIpc) is 1.55. The summed E-state index contributed by atoms with van der Waals surface area (Å²) in [6.45, 7) is 0. The fourth-order valence-corrected chi connectivity index (χ4v) is 24.2. The van der Waals surface area contributed by atoms with Crippen molar-refractivity contribution in [2.75, 3.05) is 14.7 Å². The Morgan fingerprint density at radius 3 is 1.06 bits per heavy atom. The molecule has 0 aliphatic heterocycles. The fraction of sp³-hybridized carbons (Fsp3) is 0. The quantitative estimate of drug-likeness (QED) is 0.0858. The second-order valence-electron chi connectivity index (χ2n) is 36.7. The van der Waals surface area contributed by atoms with Gasteiger partial charge in [0.15, 0.2) is 0 Å². The Kier molecular flexibility index (Phi) is 19.3. The summed E-state index contributed by atoms with van der Waals surface area (Å²) in [5, 5.41) is 14.4. The van der Waals surface area contributed by atoms with Crippen LogP contribution in [0.25, 0.3) is 212 Å². The number of anilines is 9. The van der Waals surface area contributed by atoms with E-state index in [1.54, 1.807) is 0 Å². The summed E-state index contributed by atoms with van der Waals surface area (Å²) in [4.78, 5) is 7.09. The lowest BCUT2D eigenvalue weighted by molar-refractivity contribution is 0.673. The Labute approximate surface area is 821 Å². The Morgan fingerprint density at radius 2 is 0.489 bits per heavy atom. The summed E-state index contributed by atoms with van der Waals surface area (Å²) in [7, 11) is 0. The predicted molar refractivity (Wildman–Crippen MR) is 599 cm³/mol. The number of thiophene rings is 2. The number of benzene rings is 22. The van der Waals surface area contributed by atoms with Crippen molar-refractivity contribution < 1.29 is 4.42 Å². The summed E-state index contributed by atoms with van der Waals surface area (Å²) in [5.41, 5.74) is 35.3. The number of para-hydroxylation sites is 6. The maximum atomic E-state index is 7.06. The van der Waals surface area contributed by atoms with E-state index in [2.05, 4.69) is 538 Å². The van der Waals surface area contributed by atoms with E-state index in [0.29, 0.717) is 0 Å². The van der Waals surface area contributed by atoms with Gasteiger partial charge in [-0.2, -0.15) is 0 Å². The molecule has 660 valence electrons. The van der Waals surface area contributed by atoms with Gasteiger partial charge in [0.1, 0.15) is 11.2 Å². The van der Waals surface area contributed by atoms with Gasteiger partial charge in [0.05, 0.1) is 38.5 Å². The Balaban J connectivity index is 0.464. The molecule has 0 unspecified atom stereocenters. The van der Waals surface area contributed by atoms with E-state index in [9.17, 15) is 0 Å². The van der Waals surface area contributed by atoms with Crippen molar-refractivity contribution in [3.63, 3.8) is 0 Å². The van der Waals surface area contributed by atoms with Gasteiger partial charge in [-0.3, -0.25) is 0 Å². The van der Waals surface area contributed by atoms with Crippen LogP contribution < -0.4 is 14.7 Å². The van der Waals surface area contributed by atoms with E-state index in [4.69, 9.17) is 4.42 Å². The number of fused-ring (bicyclic) bond motifs is 19. The molecule has 0 amide bonds. The monoisotopic (exact) mass is 1830 g/mol. The van der Waals surface area contributed by atoms with Gasteiger partial charge in [-0.05, 0) is 279 Å². The lowest BCUT2D eigenvalue weighted by atomic mass is 9.97. The van der Waals surface area contributed by atoms with Crippen LogP contribution in [0.3, 0.4) is 0 Å². The van der Waals surface area contributed by atoms with Crippen LogP contribution >= 0.6 is 22.7 Å². The van der Waals surface area contributed by atoms with E-state index in [1.165, 1.54) is 106 Å². The minimum absolute atomic E-state index is 0.861. The van der Waals surface area contributed by atoms with Crippen molar-refractivity contribution in [1.82, 2.24) is 13.7 Å². The lowest BCUT2D eigenvalue weighted by Crippen LogP contribution is -2.10. The van der Waals surface area contributed by atoms with Crippen molar-refractivity contribution >= 4 is 202 Å². The minimum Gasteiger partial charge on any atom is -0.455 e. The van der Waals surface area contributed by atoms with Gasteiger partial charge < -0.3 is 32.8 Å². The SMILES string of the molecule is c1ccc(-c2ccc(N(c3ccccc3)c3ccc(-n4c5ccccc5c5cc6c7ccc(-c8cccc(-n9c%10ccc(N(c%11ccccc%11)c%11ccc(-c%12ccc(-c%13ccc(-c%14ccc(-c%15ccc(N(c%16ccccc%16)c%16ccc%17c(c%16)sc%16cc%18sc%19ccccc%19c%18cc%16%17)cc%15)cc%14)cc%13)cc%12)cc%11)cc%10c%10c%11oc%12ccccc%12c%11ccc%109)c8)cc7n(-c7ccccc7)c6cc54)cc3)cc2)cc1. The van der Waals surface area contributed by atoms with Gasteiger partial charge in [-0.15, -0.1) is 22.7 Å². The highest BCUT2D eigenvalue weighted by atomic mass is 32.1. The smallest absolute Gasteiger partial charge is 0.145 e. The topological polar surface area (TPSA) is 37.6 Å². The number of aromatic nitrogens is 3. The van der Waals surface area contributed by atoms with Crippen LogP contribution in [0.4, 0.5) is 51.2 Å². The standard InChI is InChI=1S/C132H84N6OS2/c1-6-23-85(24-7-1)92-53-60-101(61-54-92)133(97-26-8-2-9-27-97)104-66-68-105(69-67-104)136-120-38-19-16-35-109(120)115-81-116-110-72-59-96(78-123(110)137(125(116)83-124(115)136)100-32-14-5-15-33-100)95-25-22-34-106(77-95)138-121-75-71-107(79-119(121)131-122(138)76-74-114-111-36-17-20-39-126(111)139-132(114)131)134(98-28-10-3-11-29-98)102-62-55-93(56-63-102)90-49-45-88(46-50-90)86-41-43-87(44-42-86)89-47-51-91(52-48-89)94-57-64-103(65-58-94)135(99-30-12-4-13-31-99)108-70-73-113-118-82-117-112-37-18-21-40-127(112)140-129(117)84-130(118)141-128(113)80-108/h1-84H. The minimum atomic E-state index is 0.861. The van der Waals surface area contributed by atoms with Gasteiger partial charge in [-0.25, -0.2) is 0 Å². The highest BCUT2D eigenvalue weighted by Crippen LogP contribution is 2.51.